The van der Waals surface area contributed by atoms with Gasteiger partial charge in [-0.15, -0.1) is 0 Å². The standard InChI is InChI=1S/C17H28N2/c1-13-4-5-16(10-14(13)2)12-19-11-15-6-8-17(18-3)9-7-15/h4-5,10,15,17-19H,6-9,11-12H2,1-3H3. The van der Waals surface area contributed by atoms with Crippen LogP contribution in [0.2, 0.25) is 0 Å². The lowest BCUT2D eigenvalue weighted by Gasteiger charge is -2.28. The summed E-state index contributed by atoms with van der Waals surface area (Å²) >= 11 is 0. The maximum absolute atomic E-state index is 3.63. The predicted molar refractivity (Wildman–Crippen MR) is 82.4 cm³/mol. The fourth-order valence-electron chi connectivity index (χ4n) is 2.99. The highest BCUT2D eigenvalue weighted by Crippen LogP contribution is 2.23. The lowest BCUT2D eigenvalue weighted by molar-refractivity contribution is 0.292. The van der Waals surface area contributed by atoms with E-state index in [1.165, 1.54) is 48.9 Å². The first-order valence-electron chi connectivity index (χ1n) is 7.63. The fraction of sp³-hybridized carbons (Fsp3) is 0.647. The first-order valence-corrected chi connectivity index (χ1v) is 7.63. The predicted octanol–water partition coefficient (Wildman–Crippen LogP) is 3.17. The summed E-state index contributed by atoms with van der Waals surface area (Å²) < 4.78 is 0. The van der Waals surface area contributed by atoms with Crippen LogP contribution in [0.4, 0.5) is 0 Å². The smallest absolute Gasteiger partial charge is 0.0205 e. The molecule has 0 spiro atoms. The van der Waals surface area contributed by atoms with E-state index >= 15 is 0 Å². The summed E-state index contributed by atoms with van der Waals surface area (Å²) in [5.41, 5.74) is 4.19. The molecule has 0 amide bonds. The molecular weight excluding hydrogens is 232 g/mol. The molecule has 0 saturated heterocycles. The van der Waals surface area contributed by atoms with E-state index in [9.17, 15) is 0 Å². The van der Waals surface area contributed by atoms with Gasteiger partial charge in [0.1, 0.15) is 0 Å². The molecule has 0 aromatic heterocycles. The first kappa shape index (κ1) is 14.5. The molecular formula is C17H28N2. The molecule has 1 fully saturated rings. The monoisotopic (exact) mass is 260 g/mol. The molecule has 2 heteroatoms. The molecule has 1 saturated carbocycles. The van der Waals surface area contributed by atoms with E-state index in [1.54, 1.807) is 0 Å². The van der Waals surface area contributed by atoms with Gasteiger partial charge in [-0.05, 0) is 75.7 Å². The summed E-state index contributed by atoms with van der Waals surface area (Å²) in [7, 11) is 2.09. The molecule has 2 nitrogen and oxygen atoms in total. The van der Waals surface area contributed by atoms with Gasteiger partial charge < -0.3 is 10.6 Å². The Kier molecular flexibility index (Phi) is 5.41. The van der Waals surface area contributed by atoms with Gasteiger partial charge in [0.15, 0.2) is 0 Å². The van der Waals surface area contributed by atoms with Crippen molar-refractivity contribution in [2.24, 2.45) is 5.92 Å². The van der Waals surface area contributed by atoms with Crippen molar-refractivity contribution < 1.29 is 0 Å². The van der Waals surface area contributed by atoms with Crippen LogP contribution >= 0.6 is 0 Å². The van der Waals surface area contributed by atoms with Crippen LogP contribution in [0.1, 0.15) is 42.4 Å². The maximum Gasteiger partial charge on any atom is 0.0205 e. The third-order valence-corrected chi connectivity index (χ3v) is 4.59. The van der Waals surface area contributed by atoms with E-state index in [4.69, 9.17) is 0 Å². The minimum Gasteiger partial charge on any atom is -0.317 e. The summed E-state index contributed by atoms with van der Waals surface area (Å²) in [6, 6.07) is 7.54. The average molecular weight is 260 g/mol. The minimum atomic E-state index is 0.760. The molecule has 1 aromatic rings. The van der Waals surface area contributed by atoms with E-state index < -0.39 is 0 Å². The van der Waals surface area contributed by atoms with Crippen LogP contribution < -0.4 is 10.6 Å². The van der Waals surface area contributed by atoms with E-state index in [2.05, 4.69) is 49.7 Å². The molecule has 2 N–H and O–H groups in total. The quantitative estimate of drug-likeness (QED) is 0.849. The largest absolute Gasteiger partial charge is 0.317 e. The Morgan fingerprint density at radius 3 is 2.42 bits per heavy atom. The molecule has 1 aliphatic rings. The Morgan fingerprint density at radius 2 is 1.79 bits per heavy atom. The van der Waals surface area contributed by atoms with Crippen molar-refractivity contribution >= 4 is 0 Å². The van der Waals surface area contributed by atoms with Crippen molar-refractivity contribution in [1.82, 2.24) is 10.6 Å². The molecule has 0 bridgehead atoms. The van der Waals surface area contributed by atoms with Crippen LogP contribution in [0.25, 0.3) is 0 Å². The molecule has 0 unspecified atom stereocenters. The maximum atomic E-state index is 3.63. The number of nitrogens with one attached hydrogen (secondary N) is 2. The summed E-state index contributed by atoms with van der Waals surface area (Å²) in [6.07, 6.45) is 5.41. The van der Waals surface area contributed by atoms with Crippen LogP contribution in [-0.4, -0.2) is 19.6 Å². The second kappa shape index (κ2) is 7.06. The molecule has 106 valence electrons. The number of hydrogen-bond acceptors (Lipinski definition) is 2. The third kappa shape index (κ3) is 4.32. The number of aryl methyl sites for hydroxylation is 2. The van der Waals surface area contributed by atoms with Gasteiger partial charge in [0.05, 0.1) is 0 Å². The second-order valence-electron chi connectivity index (χ2n) is 6.06. The van der Waals surface area contributed by atoms with Crippen molar-refractivity contribution in [1.29, 1.82) is 0 Å². The van der Waals surface area contributed by atoms with Gasteiger partial charge in [-0.3, -0.25) is 0 Å². The topological polar surface area (TPSA) is 24.1 Å². The lowest BCUT2D eigenvalue weighted by Crippen LogP contribution is -2.33. The molecule has 0 radical (unpaired) electrons. The second-order valence-corrected chi connectivity index (χ2v) is 6.06. The van der Waals surface area contributed by atoms with Crippen molar-refractivity contribution in [2.75, 3.05) is 13.6 Å². The number of rotatable bonds is 5. The number of benzene rings is 1. The fourth-order valence-corrected chi connectivity index (χ4v) is 2.99. The zero-order chi connectivity index (χ0) is 13.7. The Labute approximate surface area is 118 Å². The molecule has 0 atom stereocenters. The first-order chi connectivity index (χ1) is 9.19. The van der Waals surface area contributed by atoms with Gasteiger partial charge in [-0.25, -0.2) is 0 Å². The summed E-state index contributed by atoms with van der Waals surface area (Å²) in [5, 5.41) is 7.03. The van der Waals surface area contributed by atoms with Gasteiger partial charge in [-0.1, -0.05) is 18.2 Å². The van der Waals surface area contributed by atoms with Crippen LogP contribution in [0.5, 0.6) is 0 Å². The summed E-state index contributed by atoms with van der Waals surface area (Å²) in [6.45, 7) is 6.54. The van der Waals surface area contributed by atoms with Gasteiger partial charge in [0.2, 0.25) is 0 Å². The van der Waals surface area contributed by atoms with Gasteiger partial charge in [0.25, 0.3) is 0 Å². The Balaban J connectivity index is 1.70. The van der Waals surface area contributed by atoms with Crippen molar-refractivity contribution in [3.05, 3.63) is 34.9 Å². The third-order valence-electron chi connectivity index (χ3n) is 4.59. The van der Waals surface area contributed by atoms with Crippen molar-refractivity contribution in [3.8, 4) is 0 Å². The lowest BCUT2D eigenvalue weighted by atomic mass is 9.86. The summed E-state index contributed by atoms with van der Waals surface area (Å²) in [4.78, 5) is 0. The van der Waals surface area contributed by atoms with Crippen LogP contribution in [0.15, 0.2) is 18.2 Å². The van der Waals surface area contributed by atoms with E-state index in [0.29, 0.717) is 0 Å². The Morgan fingerprint density at radius 1 is 1.05 bits per heavy atom. The highest BCUT2D eigenvalue weighted by molar-refractivity contribution is 5.29. The zero-order valence-corrected chi connectivity index (χ0v) is 12.6. The van der Waals surface area contributed by atoms with E-state index in [1.807, 2.05) is 0 Å². The van der Waals surface area contributed by atoms with E-state index in [-0.39, 0.29) is 0 Å². The molecule has 2 rings (SSSR count). The molecule has 1 aliphatic carbocycles. The Hall–Kier alpha value is -0.860. The molecule has 19 heavy (non-hydrogen) atoms. The Bertz CT molecular complexity index is 392. The zero-order valence-electron chi connectivity index (χ0n) is 12.6. The SMILES string of the molecule is CNC1CCC(CNCc2ccc(C)c(C)c2)CC1. The van der Waals surface area contributed by atoms with Gasteiger partial charge in [-0.2, -0.15) is 0 Å². The average Bonchev–Trinajstić information content (AvgIpc) is 2.43. The summed E-state index contributed by atoms with van der Waals surface area (Å²) in [5.74, 6) is 0.871. The molecule has 0 aliphatic heterocycles. The number of hydrogen-bond donors (Lipinski definition) is 2. The van der Waals surface area contributed by atoms with Crippen LogP contribution in [0, 0.1) is 19.8 Å². The molecule has 0 heterocycles. The van der Waals surface area contributed by atoms with Gasteiger partial charge in [0, 0.05) is 12.6 Å². The van der Waals surface area contributed by atoms with E-state index in [0.717, 1.165) is 18.5 Å². The van der Waals surface area contributed by atoms with Crippen molar-refractivity contribution in [2.45, 2.75) is 52.1 Å². The van der Waals surface area contributed by atoms with Gasteiger partial charge >= 0.3 is 0 Å². The highest BCUT2D eigenvalue weighted by Gasteiger charge is 2.19. The van der Waals surface area contributed by atoms with Crippen molar-refractivity contribution in [3.63, 3.8) is 0 Å². The highest BCUT2D eigenvalue weighted by atomic mass is 14.9. The van der Waals surface area contributed by atoms with Crippen LogP contribution in [0.3, 0.4) is 0 Å². The molecule has 1 aromatic carbocycles. The minimum absolute atomic E-state index is 0.760. The normalized spacial score (nSPS) is 23.5. The van der Waals surface area contributed by atoms with Crippen LogP contribution in [-0.2, 0) is 6.54 Å².